The monoisotopic (exact) mass is 324 g/mol. The Hall–Kier alpha value is -2.88. The number of β-amino-alcohol motifs (C(OH)–C–C–N with tert-alkyl or cyclic N) is 1. The molecule has 1 aromatic carbocycles. The van der Waals surface area contributed by atoms with Crippen molar-refractivity contribution in [3.63, 3.8) is 0 Å². The molecule has 0 radical (unpaired) electrons. The third-order valence-corrected chi connectivity index (χ3v) is 3.74. The summed E-state index contributed by atoms with van der Waals surface area (Å²) in [6.07, 6.45) is -1.12. The number of rotatable bonds is 3. The highest BCUT2D eigenvalue weighted by molar-refractivity contribution is 6.01. The number of aliphatic hydroxyl groups is 1. The number of hydrogen-bond donors (Lipinski definition) is 2. The van der Waals surface area contributed by atoms with Gasteiger partial charge in [-0.2, -0.15) is 0 Å². The van der Waals surface area contributed by atoms with Crippen molar-refractivity contribution in [2.24, 2.45) is 0 Å². The number of carboxylic acids is 1. The number of likely N-dealkylation sites (tertiary alicyclic amines) is 1. The molecule has 0 aromatic heterocycles. The van der Waals surface area contributed by atoms with Crippen LogP contribution < -0.4 is 9.47 Å². The number of carbonyl (C=O) groups is 2. The molecule has 2 aliphatic rings. The molecule has 0 bridgehead atoms. The number of aliphatic hydroxyl groups excluding tert-OH is 1. The van der Waals surface area contributed by atoms with E-state index in [4.69, 9.17) is 14.6 Å². The van der Waals surface area contributed by atoms with Crippen LogP contribution in [0.15, 0.2) is 12.1 Å². The van der Waals surface area contributed by atoms with Gasteiger partial charge < -0.3 is 24.6 Å². The lowest BCUT2D eigenvalue weighted by Gasteiger charge is -2.21. The van der Waals surface area contributed by atoms with E-state index in [2.05, 4.69) is 0 Å². The van der Waals surface area contributed by atoms with E-state index in [1.54, 1.807) is 0 Å². The van der Waals surface area contributed by atoms with E-state index in [-0.39, 0.29) is 36.8 Å². The molecule has 2 aliphatic heterocycles. The SMILES string of the molecule is O=C(O)[C@H]1C[C@H](O)CN1C(=O)c1cc2c(cc1[N+](=O)[O-])OCO2. The summed E-state index contributed by atoms with van der Waals surface area (Å²) in [5, 5.41) is 30.0. The molecule has 10 nitrogen and oxygen atoms in total. The number of nitrogens with zero attached hydrogens (tertiary/aromatic N) is 2. The zero-order chi connectivity index (χ0) is 16.7. The van der Waals surface area contributed by atoms with Gasteiger partial charge in [0.25, 0.3) is 11.6 Å². The number of ether oxygens (including phenoxy) is 2. The summed E-state index contributed by atoms with van der Waals surface area (Å²) in [4.78, 5) is 35.2. The maximum atomic E-state index is 12.6. The molecule has 1 fully saturated rings. The maximum Gasteiger partial charge on any atom is 0.326 e. The second kappa shape index (κ2) is 5.39. The van der Waals surface area contributed by atoms with Crippen LogP contribution in [0.2, 0.25) is 0 Å². The molecule has 1 amide bonds. The van der Waals surface area contributed by atoms with Crippen LogP contribution in [0.1, 0.15) is 16.8 Å². The zero-order valence-electron chi connectivity index (χ0n) is 11.7. The minimum atomic E-state index is -1.28. The molecular formula is C13H12N2O8. The topological polar surface area (TPSA) is 139 Å². The number of nitro groups is 1. The Kier molecular flexibility index (Phi) is 3.52. The molecule has 0 saturated carbocycles. The molecule has 0 unspecified atom stereocenters. The summed E-state index contributed by atoms with van der Waals surface area (Å²) in [7, 11) is 0. The first kappa shape index (κ1) is 15.0. The first-order chi connectivity index (χ1) is 10.9. The predicted octanol–water partition coefficient (Wildman–Crippen LogP) is -0.0165. The summed E-state index contributed by atoms with van der Waals surface area (Å²) < 4.78 is 10.1. The zero-order valence-corrected chi connectivity index (χ0v) is 11.7. The smallest absolute Gasteiger partial charge is 0.326 e. The fourth-order valence-electron chi connectivity index (χ4n) is 2.68. The summed E-state index contributed by atoms with van der Waals surface area (Å²) in [5.41, 5.74) is -0.815. The van der Waals surface area contributed by atoms with Crippen LogP contribution in [-0.4, -0.2) is 57.4 Å². The third-order valence-electron chi connectivity index (χ3n) is 3.74. The molecule has 122 valence electrons. The van der Waals surface area contributed by atoms with E-state index in [9.17, 15) is 24.8 Å². The highest BCUT2D eigenvalue weighted by atomic mass is 16.7. The molecule has 2 N–H and O–H groups in total. The molecule has 1 saturated heterocycles. The van der Waals surface area contributed by atoms with Gasteiger partial charge in [0.05, 0.1) is 17.1 Å². The Balaban J connectivity index is 2.02. The molecule has 0 aliphatic carbocycles. The minimum absolute atomic E-state index is 0.121. The van der Waals surface area contributed by atoms with Gasteiger partial charge in [0.15, 0.2) is 11.5 Å². The van der Waals surface area contributed by atoms with Gasteiger partial charge in [0.2, 0.25) is 6.79 Å². The highest BCUT2D eigenvalue weighted by Gasteiger charge is 2.41. The Bertz CT molecular complexity index is 703. The van der Waals surface area contributed by atoms with Crippen molar-refractivity contribution in [2.75, 3.05) is 13.3 Å². The number of hydrogen-bond acceptors (Lipinski definition) is 7. The van der Waals surface area contributed by atoms with Crippen molar-refractivity contribution in [1.82, 2.24) is 4.90 Å². The second-order valence-corrected chi connectivity index (χ2v) is 5.18. The van der Waals surface area contributed by atoms with Crippen LogP contribution >= 0.6 is 0 Å². The van der Waals surface area contributed by atoms with E-state index in [1.165, 1.54) is 0 Å². The quantitative estimate of drug-likeness (QED) is 0.584. The van der Waals surface area contributed by atoms with Crippen molar-refractivity contribution < 1.29 is 34.2 Å². The maximum absolute atomic E-state index is 12.6. The lowest BCUT2D eigenvalue weighted by Crippen LogP contribution is -2.40. The van der Waals surface area contributed by atoms with Crippen LogP contribution in [-0.2, 0) is 4.79 Å². The van der Waals surface area contributed by atoms with Crippen LogP contribution in [0.5, 0.6) is 11.5 Å². The second-order valence-electron chi connectivity index (χ2n) is 5.18. The summed E-state index contributed by atoms with van der Waals surface area (Å²) >= 11 is 0. The fraction of sp³-hybridized carbons (Fsp3) is 0.385. The first-order valence-electron chi connectivity index (χ1n) is 6.68. The Morgan fingerprint density at radius 2 is 1.96 bits per heavy atom. The van der Waals surface area contributed by atoms with Crippen molar-refractivity contribution in [3.8, 4) is 11.5 Å². The number of benzene rings is 1. The molecular weight excluding hydrogens is 312 g/mol. The Morgan fingerprint density at radius 1 is 1.30 bits per heavy atom. The molecule has 10 heteroatoms. The standard InChI is InChI=1S/C13H12N2O8/c16-6-1-9(13(18)19)14(4-6)12(17)7-2-10-11(23-5-22-10)3-8(7)15(20)21/h2-3,6,9,16H,1,4-5H2,(H,18,19)/t6-,9+/m0/s1. The van der Waals surface area contributed by atoms with Gasteiger partial charge in [-0.05, 0) is 0 Å². The van der Waals surface area contributed by atoms with E-state index >= 15 is 0 Å². The van der Waals surface area contributed by atoms with Crippen molar-refractivity contribution in [2.45, 2.75) is 18.6 Å². The third kappa shape index (κ3) is 2.52. The molecule has 2 heterocycles. The number of fused-ring (bicyclic) bond motifs is 1. The van der Waals surface area contributed by atoms with E-state index < -0.39 is 34.6 Å². The number of aliphatic carboxylic acids is 1. The van der Waals surface area contributed by atoms with Gasteiger partial charge >= 0.3 is 5.97 Å². The molecule has 2 atom stereocenters. The average Bonchev–Trinajstić information content (AvgIpc) is 3.10. The van der Waals surface area contributed by atoms with E-state index in [0.717, 1.165) is 17.0 Å². The fourth-order valence-corrected chi connectivity index (χ4v) is 2.68. The summed E-state index contributed by atoms with van der Waals surface area (Å²) in [5.74, 6) is -1.81. The summed E-state index contributed by atoms with van der Waals surface area (Å²) in [6.45, 7) is -0.328. The van der Waals surface area contributed by atoms with Gasteiger partial charge in [0.1, 0.15) is 11.6 Å². The van der Waals surface area contributed by atoms with Gasteiger partial charge in [-0.25, -0.2) is 4.79 Å². The van der Waals surface area contributed by atoms with E-state index in [0.29, 0.717) is 0 Å². The number of amides is 1. The lowest BCUT2D eigenvalue weighted by atomic mass is 10.1. The van der Waals surface area contributed by atoms with Crippen molar-refractivity contribution >= 4 is 17.6 Å². The Morgan fingerprint density at radius 3 is 2.57 bits per heavy atom. The van der Waals surface area contributed by atoms with Crippen LogP contribution in [0.4, 0.5) is 5.69 Å². The van der Waals surface area contributed by atoms with Crippen molar-refractivity contribution in [1.29, 1.82) is 0 Å². The van der Waals surface area contributed by atoms with Crippen LogP contribution in [0.3, 0.4) is 0 Å². The van der Waals surface area contributed by atoms with Gasteiger partial charge in [-0.1, -0.05) is 0 Å². The first-order valence-corrected chi connectivity index (χ1v) is 6.68. The lowest BCUT2D eigenvalue weighted by molar-refractivity contribution is -0.385. The number of nitro benzene ring substituents is 1. The average molecular weight is 324 g/mol. The predicted molar refractivity (Wildman–Crippen MR) is 72.3 cm³/mol. The van der Waals surface area contributed by atoms with Crippen LogP contribution in [0.25, 0.3) is 0 Å². The molecule has 0 spiro atoms. The van der Waals surface area contributed by atoms with Crippen LogP contribution in [0, 0.1) is 10.1 Å². The van der Waals surface area contributed by atoms with Gasteiger partial charge in [-0.15, -0.1) is 0 Å². The number of carboxylic acid groups (broad SMARTS) is 1. The van der Waals surface area contributed by atoms with Gasteiger partial charge in [0, 0.05) is 19.0 Å². The number of carbonyl (C=O) groups excluding carboxylic acids is 1. The molecule has 23 heavy (non-hydrogen) atoms. The minimum Gasteiger partial charge on any atom is -0.480 e. The van der Waals surface area contributed by atoms with Crippen molar-refractivity contribution in [3.05, 3.63) is 27.8 Å². The molecule has 3 rings (SSSR count). The summed E-state index contributed by atoms with van der Waals surface area (Å²) in [6, 6.07) is 0.993. The van der Waals surface area contributed by atoms with E-state index in [1.807, 2.05) is 0 Å². The largest absolute Gasteiger partial charge is 0.480 e. The van der Waals surface area contributed by atoms with Gasteiger partial charge in [-0.3, -0.25) is 14.9 Å². The molecule has 1 aromatic rings. The highest BCUT2D eigenvalue weighted by Crippen LogP contribution is 2.39. The Labute approximate surface area is 129 Å². The normalized spacial score (nSPS) is 22.2.